The Morgan fingerprint density at radius 2 is 1.48 bits per heavy atom. The van der Waals surface area contributed by atoms with Crippen LogP contribution in [-0.2, 0) is 9.59 Å². The molecule has 0 aliphatic heterocycles. The van der Waals surface area contributed by atoms with Crippen molar-refractivity contribution in [1.29, 1.82) is 0 Å². The zero-order chi connectivity index (χ0) is 23.6. The minimum absolute atomic E-state index is 0.0150. The van der Waals surface area contributed by atoms with Crippen LogP contribution in [0.15, 0.2) is 72.8 Å². The van der Waals surface area contributed by atoms with E-state index in [1.807, 2.05) is 13.0 Å². The molecule has 4 N–H and O–H groups in total. The van der Waals surface area contributed by atoms with E-state index in [0.717, 1.165) is 6.42 Å². The topological polar surface area (TPSA) is 99.3 Å². The Kier molecular flexibility index (Phi) is 8.43. The van der Waals surface area contributed by atoms with Gasteiger partial charge in [-0.3, -0.25) is 14.4 Å². The SMILES string of the molecule is CCCC(=O)Nc1ccc(Cl)c(NC(=O)CNc2cccc(NC(=O)c3ccccc3)c2)c1. The highest BCUT2D eigenvalue weighted by Crippen LogP contribution is 2.26. The lowest BCUT2D eigenvalue weighted by Gasteiger charge is -2.12. The van der Waals surface area contributed by atoms with E-state index in [2.05, 4.69) is 21.3 Å². The van der Waals surface area contributed by atoms with Crippen molar-refractivity contribution in [2.75, 3.05) is 27.8 Å². The predicted molar refractivity (Wildman–Crippen MR) is 133 cm³/mol. The molecule has 0 saturated heterocycles. The average molecular weight is 465 g/mol. The van der Waals surface area contributed by atoms with Gasteiger partial charge >= 0.3 is 0 Å². The van der Waals surface area contributed by atoms with Gasteiger partial charge in [0.25, 0.3) is 5.91 Å². The Balaban J connectivity index is 1.56. The molecular formula is C25H25ClN4O3. The summed E-state index contributed by atoms with van der Waals surface area (Å²) in [5.41, 5.74) is 2.79. The summed E-state index contributed by atoms with van der Waals surface area (Å²) in [5, 5.41) is 11.7. The molecule has 0 aliphatic rings. The summed E-state index contributed by atoms with van der Waals surface area (Å²) in [7, 11) is 0. The fourth-order valence-corrected chi connectivity index (χ4v) is 3.19. The van der Waals surface area contributed by atoms with Crippen molar-refractivity contribution in [1.82, 2.24) is 0 Å². The minimum Gasteiger partial charge on any atom is -0.376 e. The van der Waals surface area contributed by atoms with Crippen molar-refractivity contribution >= 4 is 52.1 Å². The van der Waals surface area contributed by atoms with Crippen LogP contribution in [0.3, 0.4) is 0 Å². The lowest BCUT2D eigenvalue weighted by Crippen LogP contribution is -2.22. The maximum absolute atomic E-state index is 12.4. The van der Waals surface area contributed by atoms with Gasteiger partial charge in [0.05, 0.1) is 17.3 Å². The molecule has 0 aromatic heterocycles. The Morgan fingerprint density at radius 3 is 2.24 bits per heavy atom. The molecule has 3 aromatic carbocycles. The lowest BCUT2D eigenvalue weighted by molar-refractivity contribution is -0.116. The molecule has 170 valence electrons. The Labute approximate surface area is 197 Å². The molecule has 0 radical (unpaired) electrons. The summed E-state index contributed by atoms with van der Waals surface area (Å²) in [6.07, 6.45) is 1.16. The third-order valence-electron chi connectivity index (χ3n) is 4.61. The maximum atomic E-state index is 12.4. The summed E-state index contributed by atoms with van der Waals surface area (Å²) in [6, 6.07) is 20.9. The average Bonchev–Trinajstić information content (AvgIpc) is 2.81. The molecule has 0 heterocycles. The van der Waals surface area contributed by atoms with Gasteiger partial charge in [-0.2, -0.15) is 0 Å². The smallest absolute Gasteiger partial charge is 0.255 e. The molecule has 0 bridgehead atoms. The van der Waals surface area contributed by atoms with Gasteiger partial charge in [0, 0.05) is 29.0 Å². The Hall–Kier alpha value is -3.84. The highest BCUT2D eigenvalue weighted by Gasteiger charge is 2.10. The number of rotatable bonds is 9. The number of carbonyl (C=O) groups excluding carboxylic acids is 3. The molecule has 0 aliphatic carbocycles. The van der Waals surface area contributed by atoms with Crippen LogP contribution in [-0.4, -0.2) is 24.3 Å². The van der Waals surface area contributed by atoms with Crippen molar-refractivity contribution in [3.05, 3.63) is 83.4 Å². The minimum atomic E-state index is -0.312. The second-order valence-corrected chi connectivity index (χ2v) is 7.70. The quantitative estimate of drug-likeness (QED) is 0.341. The molecule has 3 amide bonds. The van der Waals surface area contributed by atoms with E-state index in [1.54, 1.807) is 66.7 Å². The van der Waals surface area contributed by atoms with Gasteiger partial charge in [-0.25, -0.2) is 0 Å². The van der Waals surface area contributed by atoms with Crippen LogP contribution < -0.4 is 21.3 Å². The van der Waals surface area contributed by atoms with Gasteiger partial charge in [-0.05, 0) is 55.0 Å². The van der Waals surface area contributed by atoms with Crippen LogP contribution in [0, 0.1) is 0 Å². The van der Waals surface area contributed by atoms with Gasteiger partial charge in [0.2, 0.25) is 11.8 Å². The summed E-state index contributed by atoms with van der Waals surface area (Å²) < 4.78 is 0. The molecule has 0 spiro atoms. The van der Waals surface area contributed by atoms with E-state index in [9.17, 15) is 14.4 Å². The van der Waals surface area contributed by atoms with Crippen molar-refractivity contribution in [3.8, 4) is 0 Å². The molecule has 0 fully saturated rings. The van der Waals surface area contributed by atoms with Gasteiger partial charge in [0.15, 0.2) is 0 Å². The summed E-state index contributed by atoms with van der Waals surface area (Å²) in [5.74, 6) is -0.628. The van der Waals surface area contributed by atoms with Gasteiger partial charge in [0.1, 0.15) is 0 Å². The number of carbonyl (C=O) groups is 3. The largest absolute Gasteiger partial charge is 0.376 e. The molecular weight excluding hydrogens is 440 g/mol. The van der Waals surface area contributed by atoms with E-state index in [4.69, 9.17) is 11.6 Å². The van der Waals surface area contributed by atoms with Crippen molar-refractivity contribution < 1.29 is 14.4 Å². The zero-order valence-corrected chi connectivity index (χ0v) is 18.9. The molecule has 0 unspecified atom stereocenters. The molecule has 7 nitrogen and oxygen atoms in total. The van der Waals surface area contributed by atoms with Gasteiger partial charge in [-0.1, -0.05) is 42.8 Å². The third-order valence-corrected chi connectivity index (χ3v) is 4.94. The van der Waals surface area contributed by atoms with Gasteiger partial charge < -0.3 is 21.3 Å². The number of halogens is 1. The molecule has 0 atom stereocenters. The van der Waals surface area contributed by atoms with E-state index < -0.39 is 0 Å². The molecule has 0 saturated carbocycles. The molecule has 8 heteroatoms. The van der Waals surface area contributed by atoms with Crippen molar-refractivity contribution in [3.63, 3.8) is 0 Å². The first-order chi connectivity index (χ1) is 15.9. The highest BCUT2D eigenvalue weighted by atomic mass is 35.5. The Morgan fingerprint density at radius 1 is 0.758 bits per heavy atom. The van der Waals surface area contributed by atoms with Crippen LogP contribution in [0.4, 0.5) is 22.7 Å². The summed E-state index contributed by atoms with van der Waals surface area (Å²) >= 11 is 6.19. The monoisotopic (exact) mass is 464 g/mol. The fourth-order valence-electron chi connectivity index (χ4n) is 3.03. The summed E-state index contributed by atoms with van der Waals surface area (Å²) in [4.78, 5) is 36.6. The van der Waals surface area contributed by atoms with Crippen molar-refractivity contribution in [2.45, 2.75) is 19.8 Å². The molecule has 3 rings (SSSR count). The third kappa shape index (κ3) is 7.36. The van der Waals surface area contributed by atoms with Crippen molar-refractivity contribution in [2.24, 2.45) is 0 Å². The number of hydrogen-bond donors (Lipinski definition) is 4. The van der Waals surface area contributed by atoms with E-state index in [0.29, 0.717) is 39.8 Å². The molecule has 3 aromatic rings. The van der Waals surface area contributed by atoms with Crippen LogP contribution in [0.1, 0.15) is 30.1 Å². The summed E-state index contributed by atoms with van der Waals surface area (Å²) in [6.45, 7) is 1.91. The molecule has 33 heavy (non-hydrogen) atoms. The first kappa shape index (κ1) is 23.8. The second-order valence-electron chi connectivity index (χ2n) is 7.30. The number of nitrogens with one attached hydrogen (secondary N) is 4. The van der Waals surface area contributed by atoms with Crippen LogP contribution in [0.2, 0.25) is 5.02 Å². The number of hydrogen-bond acceptors (Lipinski definition) is 4. The lowest BCUT2D eigenvalue weighted by atomic mass is 10.2. The maximum Gasteiger partial charge on any atom is 0.255 e. The van der Waals surface area contributed by atoms with Crippen LogP contribution in [0.25, 0.3) is 0 Å². The standard InChI is InChI=1S/C25H25ClN4O3/c1-2-7-23(31)28-20-12-13-21(26)22(15-20)30-24(32)16-27-18-10-6-11-19(14-18)29-25(33)17-8-4-3-5-9-17/h3-6,8-15,27H,2,7,16H2,1H3,(H,28,31)(H,29,33)(H,30,32). The first-order valence-corrected chi connectivity index (χ1v) is 10.9. The predicted octanol–water partition coefficient (Wildman–Crippen LogP) is 5.38. The van der Waals surface area contributed by atoms with Crippen LogP contribution in [0.5, 0.6) is 0 Å². The number of anilines is 4. The normalized spacial score (nSPS) is 10.2. The van der Waals surface area contributed by atoms with Gasteiger partial charge in [-0.15, -0.1) is 0 Å². The first-order valence-electron chi connectivity index (χ1n) is 10.5. The number of amides is 3. The second kappa shape index (κ2) is 11.7. The van der Waals surface area contributed by atoms with E-state index >= 15 is 0 Å². The van der Waals surface area contributed by atoms with E-state index in [1.165, 1.54) is 0 Å². The van der Waals surface area contributed by atoms with Crippen LogP contribution >= 0.6 is 11.6 Å². The van der Waals surface area contributed by atoms with E-state index in [-0.39, 0.29) is 24.3 Å². The highest BCUT2D eigenvalue weighted by molar-refractivity contribution is 6.34. The zero-order valence-electron chi connectivity index (χ0n) is 18.2. The Bertz CT molecular complexity index is 1140. The fraction of sp³-hybridized carbons (Fsp3) is 0.160. The number of benzene rings is 3.